The van der Waals surface area contributed by atoms with Gasteiger partial charge in [-0.1, -0.05) is 48.0 Å². The highest BCUT2D eigenvalue weighted by Gasteiger charge is 2.44. The van der Waals surface area contributed by atoms with Gasteiger partial charge in [0.05, 0.1) is 16.8 Å². The van der Waals surface area contributed by atoms with Crippen LogP contribution in [-0.4, -0.2) is 12.6 Å². The van der Waals surface area contributed by atoms with Crippen molar-refractivity contribution in [2.75, 3.05) is 6.61 Å². The van der Waals surface area contributed by atoms with Gasteiger partial charge >= 0.3 is 5.97 Å². The number of allylic oxidation sites excluding steroid dienone is 1. The Balaban J connectivity index is 1.72. The van der Waals surface area contributed by atoms with Crippen LogP contribution in [0.15, 0.2) is 60.2 Å². The standard InChI is InChI=1S/C22H23IO3/c1-16-10-11-20(19(23)13-16)26-21(24)22(12-6-7-17(22)2)15-25-14-18-8-4-3-5-9-18/h3-5,7-11,13H,6,12,14-15H2,1-2H3. The predicted molar refractivity (Wildman–Crippen MR) is 111 cm³/mol. The Morgan fingerprint density at radius 1 is 1.15 bits per heavy atom. The topological polar surface area (TPSA) is 35.5 Å². The second-order valence-corrected chi connectivity index (χ2v) is 7.97. The highest BCUT2D eigenvalue weighted by molar-refractivity contribution is 14.1. The second-order valence-electron chi connectivity index (χ2n) is 6.81. The first kappa shape index (κ1) is 19.1. The lowest BCUT2D eigenvalue weighted by molar-refractivity contribution is -0.147. The molecule has 0 radical (unpaired) electrons. The molecule has 136 valence electrons. The van der Waals surface area contributed by atoms with Crippen molar-refractivity contribution >= 4 is 28.6 Å². The van der Waals surface area contributed by atoms with Crippen molar-refractivity contribution in [1.82, 2.24) is 0 Å². The van der Waals surface area contributed by atoms with E-state index in [1.54, 1.807) is 0 Å². The Kier molecular flexibility index (Phi) is 6.14. The maximum atomic E-state index is 13.1. The molecule has 0 heterocycles. The van der Waals surface area contributed by atoms with E-state index in [1.807, 2.05) is 62.4 Å². The molecule has 0 N–H and O–H groups in total. The molecule has 1 aliphatic carbocycles. The van der Waals surface area contributed by atoms with Crippen LogP contribution in [0.5, 0.6) is 5.75 Å². The van der Waals surface area contributed by atoms with Crippen LogP contribution in [-0.2, 0) is 16.1 Å². The van der Waals surface area contributed by atoms with Crippen LogP contribution in [0.25, 0.3) is 0 Å². The number of aryl methyl sites for hydroxylation is 1. The van der Waals surface area contributed by atoms with Crippen molar-refractivity contribution < 1.29 is 14.3 Å². The number of ether oxygens (including phenoxy) is 2. The molecule has 2 aromatic rings. The van der Waals surface area contributed by atoms with Gasteiger partial charge in [-0.25, -0.2) is 0 Å². The summed E-state index contributed by atoms with van der Waals surface area (Å²) in [7, 11) is 0. The molecule has 0 saturated carbocycles. The summed E-state index contributed by atoms with van der Waals surface area (Å²) >= 11 is 2.21. The highest BCUT2D eigenvalue weighted by atomic mass is 127. The lowest BCUT2D eigenvalue weighted by Gasteiger charge is -2.28. The van der Waals surface area contributed by atoms with Crippen LogP contribution in [0.3, 0.4) is 0 Å². The number of hydrogen-bond donors (Lipinski definition) is 0. The third kappa shape index (κ3) is 4.18. The van der Waals surface area contributed by atoms with Gasteiger partial charge in [-0.15, -0.1) is 0 Å². The average molecular weight is 462 g/mol. The minimum atomic E-state index is -0.692. The number of hydrogen-bond acceptors (Lipinski definition) is 3. The van der Waals surface area contributed by atoms with E-state index in [4.69, 9.17) is 9.47 Å². The molecular weight excluding hydrogens is 439 g/mol. The van der Waals surface area contributed by atoms with E-state index in [2.05, 4.69) is 28.7 Å². The summed E-state index contributed by atoms with van der Waals surface area (Å²) in [6, 6.07) is 15.8. The van der Waals surface area contributed by atoms with Crippen LogP contribution in [0.4, 0.5) is 0 Å². The molecule has 2 aromatic carbocycles. The smallest absolute Gasteiger partial charge is 0.324 e. The van der Waals surface area contributed by atoms with Gasteiger partial charge in [0.1, 0.15) is 11.2 Å². The van der Waals surface area contributed by atoms with Gasteiger partial charge in [0.25, 0.3) is 0 Å². The Hall–Kier alpha value is -1.66. The quantitative estimate of drug-likeness (QED) is 0.248. The third-order valence-electron chi connectivity index (χ3n) is 4.92. The van der Waals surface area contributed by atoms with Gasteiger partial charge in [0.2, 0.25) is 0 Å². The fraction of sp³-hybridized carbons (Fsp3) is 0.318. The summed E-state index contributed by atoms with van der Waals surface area (Å²) in [5.74, 6) is 0.391. The van der Waals surface area contributed by atoms with Crippen molar-refractivity contribution in [3.8, 4) is 5.75 Å². The van der Waals surface area contributed by atoms with Crippen molar-refractivity contribution in [1.29, 1.82) is 0 Å². The number of rotatable bonds is 6. The molecule has 4 heteroatoms. The number of benzene rings is 2. The molecule has 0 bridgehead atoms. The van der Waals surface area contributed by atoms with Gasteiger partial charge in [-0.3, -0.25) is 4.79 Å². The second kappa shape index (κ2) is 8.35. The largest absolute Gasteiger partial charge is 0.425 e. The van der Waals surface area contributed by atoms with Crippen molar-refractivity contribution in [2.24, 2.45) is 5.41 Å². The van der Waals surface area contributed by atoms with E-state index in [0.29, 0.717) is 19.0 Å². The minimum absolute atomic E-state index is 0.224. The molecule has 1 unspecified atom stereocenters. The van der Waals surface area contributed by atoms with E-state index >= 15 is 0 Å². The molecule has 0 amide bonds. The zero-order valence-electron chi connectivity index (χ0n) is 15.1. The van der Waals surface area contributed by atoms with E-state index in [-0.39, 0.29) is 5.97 Å². The van der Waals surface area contributed by atoms with Gasteiger partial charge in [-0.05, 0) is 72.5 Å². The molecular formula is C22H23IO3. The zero-order chi connectivity index (χ0) is 18.6. The molecule has 1 aliphatic rings. The first-order valence-corrected chi connectivity index (χ1v) is 9.86. The first-order chi connectivity index (χ1) is 12.5. The summed E-state index contributed by atoms with van der Waals surface area (Å²) in [5.41, 5.74) is 2.59. The van der Waals surface area contributed by atoms with Crippen molar-refractivity contribution in [3.63, 3.8) is 0 Å². The monoisotopic (exact) mass is 462 g/mol. The van der Waals surface area contributed by atoms with Crippen LogP contribution >= 0.6 is 22.6 Å². The summed E-state index contributed by atoms with van der Waals surface area (Å²) in [5, 5.41) is 0. The molecule has 0 spiro atoms. The van der Waals surface area contributed by atoms with E-state index in [0.717, 1.165) is 33.1 Å². The number of carbonyl (C=O) groups excluding carboxylic acids is 1. The lowest BCUT2D eigenvalue weighted by atomic mass is 9.82. The fourth-order valence-corrected chi connectivity index (χ4v) is 4.02. The molecule has 0 fully saturated rings. The van der Waals surface area contributed by atoms with Crippen molar-refractivity contribution in [3.05, 3.63) is 74.9 Å². The number of esters is 1. The Bertz CT molecular complexity index is 813. The van der Waals surface area contributed by atoms with Gasteiger partial charge in [0, 0.05) is 0 Å². The Morgan fingerprint density at radius 3 is 2.58 bits per heavy atom. The number of halogens is 1. The fourth-order valence-electron chi connectivity index (χ4n) is 3.24. The van der Waals surface area contributed by atoms with Gasteiger partial charge in [-0.2, -0.15) is 0 Å². The molecule has 0 aromatic heterocycles. The van der Waals surface area contributed by atoms with E-state index < -0.39 is 5.41 Å². The summed E-state index contributed by atoms with van der Waals surface area (Å²) in [6.07, 6.45) is 3.72. The SMILES string of the molecule is CC1=CCCC1(COCc1ccccc1)C(=O)Oc1ccc(C)cc1I. The number of carbonyl (C=O) groups is 1. The summed E-state index contributed by atoms with van der Waals surface area (Å²) < 4.78 is 12.7. The average Bonchev–Trinajstić information content (AvgIpc) is 3.00. The normalized spacial score (nSPS) is 19.3. The van der Waals surface area contributed by atoms with Crippen molar-refractivity contribution in [2.45, 2.75) is 33.3 Å². The van der Waals surface area contributed by atoms with E-state index in [9.17, 15) is 4.79 Å². The molecule has 0 aliphatic heterocycles. The molecule has 0 saturated heterocycles. The zero-order valence-corrected chi connectivity index (χ0v) is 17.3. The molecule has 3 rings (SSSR count). The lowest BCUT2D eigenvalue weighted by Crippen LogP contribution is -2.38. The van der Waals surface area contributed by atoms with Crippen LogP contribution in [0.1, 0.15) is 30.9 Å². The van der Waals surface area contributed by atoms with Gasteiger partial charge < -0.3 is 9.47 Å². The maximum absolute atomic E-state index is 13.1. The predicted octanol–water partition coefficient (Wildman–Crippen LogP) is 5.45. The molecule has 26 heavy (non-hydrogen) atoms. The maximum Gasteiger partial charge on any atom is 0.324 e. The molecule has 3 nitrogen and oxygen atoms in total. The van der Waals surface area contributed by atoms with Gasteiger partial charge in [0.15, 0.2) is 0 Å². The van der Waals surface area contributed by atoms with E-state index in [1.165, 1.54) is 0 Å². The molecule has 1 atom stereocenters. The van der Waals surface area contributed by atoms with Crippen LogP contribution in [0, 0.1) is 15.9 Å². The third-order valence-corrected chi connectivity index (χ3v) is 5.76. The minimum Gasteiger partial charge on any atom is -0.425 e. The van der Waals surface area contributed by atoms with Crippen LogP contribution in [0.2, 0.25) is 0 Å². The highest BCUT2D eigenvalue weighted by Crippen LogP contribution is 2.41. The van der Waals surface area contributed by atoms with Crippen LogP contribution < -0.4 is 4.74 Å². The summed E-state index contributed by atoms with van der Waals surface area (Å²) in [6.45, 7) is 4.85. The summed E-state index contributed by atoms with van der Waals surface area (Å²) in [4.78, 5) is 13.1. The Morgan fingerprint density at radius 2 is 1.92 bits per heavy atom. The Labute approximate surface area is 168 Å². The first-order valence-electron chi connectivity index (χ1n) is 8.79.